The summed E-state index contributed by atoms with van der Waals surface area (Å²) in [6.45, 7) is 0.241. The van der Waals surface area contributed by atoms with Gasteiger partial charge in [-0.2, -0.15) is 13.2 Å². The van der Waals surface area contributed by atoms with E-state index in [0.29, 0.717) is 22.9 Å². The number of nitrogens with one attached hydrogen (secondary N) is 2. The van der Waals surface area contributed by atoms with Crippen molar-refractivity contribution in [2.24, 2.45) is 0 Å². The fraction of sp³-hybridized carbons (Fsp3) is 0.158. The third-order valence-electron chi connectivity index (χ3n) is 3.98. The molecule has 0 saturated carbocycles. The highest BCUT2D eigenvalue weighted by Gasteiger charge is 2.29. The van der Waals surface area contributed by atoms with Gasteiger partial charge < -0.3 is 10.3 Å². The standard InChI is InChI=1S/C19H15F3N2O2/c20-19(21,22)13-7-5-12(6-8-13)9-10-23-18(26)15-11-17(25)24-16-4-2-1-3-14(15)16/h1-8,11H,9-10H2,(H,23,26)(H,24,25). The van der Waals surface area contributed by atoms with Crippen LogP contribution in [0.15, 0.2) is 59.4 Å². The van der Waals surface area contributed by atoms with Crippen molar-refractivity contribution in [2.45, 2.75) is 12.6 Å². The van der Waals surface area contributed by atoms with E-state index in [1.54, 1.807) is 24.3 Å². The summed E-state index contributed by atoms with van der Waals surface area (Å²) >= 11 is 0. The number of para-hydroxylation sites is 1. The van der Waals surface area contributed by atoms with Crippen molar-refractivity contribution in [1.82, 2.24) is 10.3 Å². The number of rotatable bonds is 4. The molecule has 0 fully saturated rings. The SMILES string of the molecule is O=C(NCCc1ccc(C(F)(F)F)cc1)c1cc(=O)[nH]c2ccccc12. The van der Waals surface area contributed by atoms with E-state index in [2.05, 4.69) is 10.3 Å². The normalized spacial score (nSPS) is 11.5. The van der Waals surface area contributed by atoms with E-state index < -0.39 is 17.6 Å². The molecule has 7 heteroatoms. The highest BCUT2D eigenvalue weighted by Crippen LogP contribution is 2.29. The second kappa shape index (κ2) is 7.03. The smallest absolute Gasteiger partial charge is 0.352 e. The van der Waals surface area contributed by atoms with Crippen LogP contribution in [-0.2, 0) is 12.6 Å². The minimum atomic E-state index is -4.37. The van der Waals surface area contributed by atoms with Crippen molar-refractivity contribution in [2.75, 3.05) is 6.54 Å². The molecule has 0 aliphatic heterocycles. The molecular weight excluding hydrogens is 345 g/mol. The van der Waals surface area contributed by atoms with Crippen LogP contribution in [0.1, 0.15) is 21.5 Å². The Morgan fingerprint density at radius 1 is 1.04 bits per heavy atom. The number of aromatic nitrogens is 1. The lowest BCUT2D eigenvalue weighted by molar-refractivity contribution is -0.137. The van der Waals surface area contributed by atoms with Gasteiger partial charge in [0.05, 0.1) is 11.1 Å². The molecule has 0 bridgehead atoms. The van der Waals surface area contributed by atoms with E-state index in [9.17, 15) is 22.8 Å². The number of halogens is 3. The first kappa shape index (κ1) is 17.7. The number of fused-ring (bicyclic) bond motifs is 1. The van der Waals surface area contributed by atoms with Crippen LogP contribution in [0.4, 0.5) is 13.2 Å². The first-order valence-corrected chi connectivity index (χ1v) is 7.91. The molecule has 0 aliphatic rings. The molecule has 2 N–H and O–H groups in total. The van der Waals surface area contributed by atoms with Gasteiger partial charge in [0, 0.05) is 23.5 Å². The van der Waals surface area contributed by atoms with Gasteiger partial charge in [0.15, 0.2) is 0 Å². The quantitative estimate of drug-likeness (QED) is 0.748. The summed E-state index contributed by atoms with van der Waals surface area (Å²) in [5.41, 5.74) is 0.413. The van der Waals surface area contributed by atoms with Gasteiger partial charge in [-0.05, 0) is 30.2 Å². The van der Waals surface area contributed by atoms with Crippen molar-refractivity contribution in [1.29, 1.82) is 0 Å². The van der Waals surface area contributed by atoms with Crippen LogP contribution >= 0.6 is 0 Å². The maximum absolute atomic E-state index is 12.5. The number of alkyl halides is 3. The van der Waals surface area contributed by atoms with Gasteiger partial charge in [-0.15, -0.1) is 0 Å². The molecule has 134 valence electrons. The van der Waals surface area contributed by atoms with Crippen LogP contribution in [-0.4, -0.2) is 17.4 Å². The second-order valence-corrected chi connectivity index (χ2v) is 5.79. The number of hydrogen-bond acceptors (Lipinski definition) is 2. The predicted molar refractivity (Wildman–Crippen MR) is 92.0 cm³/mol. The monoisotopic (exact) mass is 360 g/mol. The second-order valence-electron chi connectivity index (χ2n) is 5.79. The molecule has 0 unspecified atom stereocenters. The van der Waals surface area contributed by atoms with E-state index in [4.69, 9.17) is 0 Å². The Balaban J connectivity index is 1.67. The molecule has 1 amide bonds. The van der Waals surface area contributed by atoms with Crippen LogP contribution in [0.2, 0.25) is 0 Å². The Labute approximate surface area is 146 Å². The molecule has 0 radical (unpaired) electrons. The molecule has 2 aromatic carbocycles. The fourth-order valence-electron chi connectivity index (χ4n) is 2.67. The Morgan fingerprint density at radius 2 is 1.73 bits per heavy atom. The predicted octanol–water partition coefficient (Wildman–Crippen LogP) is 3.52. The number of H-pyrrole nitrogens is 1. The molecule has 0 spiro atoms. The van der Waals surface area contributed by atoms with Crippen LogP contribution < -0.4 is 10.9 Å². The zero-order chi connectivity index (χ0) is 18.7. The third kappa shape index (κ3) is 3.93. The lowest BCUT2D eigenvalue weighted by atomic mass is 10.1. The van der Waals surface area contributed by atoms with Crippen LogP contribution in [0, 0.1) is 0 Å². The van der Waals surface area contributed by atoms with E-state index >= 15 is 0 Å². The zero-order valence-electron chi connectivity index (χ0n) is 13.6. The van der Waals surface area contributed by atoms with Crippen LogP contribution in [0.25, 0.3) is 10.9 Å². The van der Waals surface area contributed by atoms with E-state index in [-0.39, 0.29) is 17.7 Å². The highest BCUT2D eigenvalue weighted by atomic mass is 19.4. The molecule has 3 rings (SSSR count). The van der Waals surface area contributed by atoms with Crippen molar-refractivity contribution in [3.8, 4) is 0 Å². The minimum Gasteiger partial charge on any atom is -0.352 e. The van der Waals surface area contributed by atoms with Gasteiger partial charge in [-0.25, -0.2) is 0 Å². The van der Waals surface area contributed by atoms with E-state index in [0.717, 1.165) is 12.1 Å². The number of benzene rings is 2. The lowest BCUT2D eigenvalue weighted by Gasteiger charge is -2.09. The van der Waals surface area contributed by atoms with Gasteiger partial charge >= 0.3 is 6.18 Å². The first-order chi connectivity index (χ1) is 12.3. The van der Waals surface area contributed by atoms with Gasteiger partial charge in [0.1, 0.15) is 0 Å². The molecule has 0 aliphatic carbocycles. The van der Waals surface area contributed by atoms with Gasteiger partial charge in [0.2, 0.25) is 5.56 Å². The van der Waals surface area contributed by atoms with Gasteiger partial charge in [-0.1, -0.05) is 30.3 Å². The van der Waals surface area contributed by atoms with Crippen molar-refractivity contribution >= 4 is 16.8 Å². The van der Waals surface area contributed by atoms with Gasteiger partial charge in [0.25, 0.3) is 5.91 Å². The first-order valence-electron chi connectivity index (χ1n) is 7.91. The molecule has 1 heterocycles. The largest absolute Gasteiger partial charge is 0.416 e. The summed E-state index contributed by atoms with van der Waals surface area (Å²) in [5, 5.41) is 3.32. The van der Waals surface area contributed by atoms with E-state index in [1.807, 2.05) is 0 Å². The highest BCUT2D eigenvalue weighted by molar-refractivity contribution is 6.05. The number of amides is 1. The third-order valence-corrected chi connectivity index (χ3v) is 3.98. The Bertz CT molecular complexity index is 992. The summed E-state index contributed by atoms with van der Waals surface area (Å²) in [5.74, 6) is -0.404. The summed E-state index contributed by atoms with van der Waals surface area (Å²) in [4.78, 5) is 26.7. The molecule has 1 aromatic heterocycles. The van der Waals surface area contributed by atoms with Crippen molar-refractivity contribution in [3.63, 3.8) is 0 Å². The summed E-state index contributed by atoms with van der Waals surface area (Å²) in [6, 6.07) is 13.0. The molecular formula is C19H15F3N2O2. The number of carbonyl (C=O) groups excluding carboxylic acids is 1. The summed E-state index contributed by atoms with van der Waals surface area (Å²) in [7, 11) is 0. The van der Waals surface area contributed by atoms with Crippen molar-refractivity contribution < 1.29 is 18.0 Å². The average molecular weight is 360 g/mol. The summed E-state index contributed by atoms with van der Waals surface area (Å²) in [6.07, 6.45) is -3.99. The molecule has 0 atom stereocenters. The maximum atomic E-state index is 12.5. The Hall–Kier alpha value is -3.09. The maximum Gasteiger partial charge on any atom is 0.416 e. The lowest BCUT2D eigenvalue weighted by Crippen LogP contribution is -2.27. The Morgan fingerprint density at radius 3 is 2.42 bits per heavy atom. The van der Waals surface area contributed by atoms with Crippen LogP contribution in [0.3, 0.4) is 0 Å². The number of pyridine rings is 1. The van der Waals surface area contributed by atoms with Crippen molar-refractivity contribution in [3.05, 3.63) is 81.6 Å². The number of carbonyl (C=O) groups is 1. The molecule has 26 heavy (non-hydrogen) atoms. The van der Waals surface area contributed by atoms with E-state index in [1.165, 1.54) is 18.2 Å². The number of aromatic amines is 1. The Kier molecular flexibility index (Phi) is 4.79. The molecule has 3 aromatic rings. The number of hydrogen-bond donors (Lipinski definition) is 2. The summed E-state index contributed by atoms with van der Waals surface area (Å²) < 4.78 is 37.6. The average Bonchev–Trinajstić information content (AvgIpc) is 2.60. The topological polar surface area (TPSA) is 62.0 Å². The fourth-order valence-corrected chi connectivity index (χ4v) is 2.67. The van der Waals surface area contributed by atoms with Gasteiger partial charge in [-0.3, -0.25) is 9.59 Å². The molecule has 4 nitrogen and oxygen atoms in total. The van der Waals surface area contributed by atoms with Crippen LogP contribution in [0.5, 0.6) is 0 Å². The minimum absolute atomic E-state index is 0.241. The molecule has 0 saturated heterocycles. The zero-order valence-corrected chi connectivity index (χ0v) is 13.6.